The Labute approximate surface area is 120 Å². The summed E-state index contributed by atoms with van der Waals surface area (Å²) in [6, 6.07) is -0.147. The molecule has 2 aromatic heterocycles. The molecule has 0 N–H and O–H groups in total. The molecular weight excluding hydrogens is 274 g/mol. The second kappa shape index (κ2) is 4.12. The molecular formula is C13H15N5OS. The molecule has 2 aliphatic heterocycles. The van der Waals surface area contributed by atoms with Gasteiger partial charge in [0.2, 0.25) is 5.91 Å². The minimum absolute atomic E-state index is 0.0969. The van der Waals surface area contributed by atoms with Gasteiger partial charge in [-0.25, -0.2) is 4.98 Å². The number of carbonyl (C=O) groups excluding carboxylic acids is 1. The van der Waals surface area contributed by atoms with Crippen LogP contribution < -0.4 is 0 Å². The molecule has 2 aromatic rings. The highest BCUT2D eigenvalue weighted by Gasteiger charge is 2.42. The van der Waals surface area contributed by atoms with Crippen LogP contribution in [0.25, 0.3) is 11.5 Å². The lowest BCUT2D eigenvalue weighted by Crippen LogP contribution is -2.42. The van der Waals surface area contributed by atoms with Crippen LogP contribution in [0.3, 0.4) is 0 Å². The monoisotopic (exact) mass is 289 g/mol. The van der Waals surface area contributed by atoms with Gasteiger partial charge in [0.15, 0.2) is 11.6 Å². The molecule has 2 aliphatic rings. The fraction of sp³-hybridized carbons (Fsp3) is 0.538. The van der Waals surface area contributed by atoms with Gasteiger partial charge < -0.3 is 4.90 Å². The Balaban J connectivity index is 1.88. The predicted octanol–water partition coefficient (Wildman–Crippen LogP) is 1.95. The molecule has 0 aliphatic carbocycles. The number of aryl methyl sites for hydroxylation is 1. The topological polar surface area (TPSA) is 63.9 Å². The molecule has 7 heteroatoms. The van der Waals surface area contributed by atoms with Crippen molar-refractivity contribution in [3.05, 3.63) is 16.2 Å². The second-order valence-electron chi connectivity index (χ2n) is 5.37. The highest BCUT2D eigenvalue weighted by Crippen LogP contribution is 2.40. The SMILES string of the molecule is Cc1nc(-c2nnc3n2[C@@H](C)C(=O)N2CCC[C@H]32)cs1. The van der Waals surface area contributed by atoms with E-state index in [-0.39, 0.29) is 18.0 Å². The summed E-state index contributed by atoms with van der Waals surface area (Å²) in [5, 5.41) is 11.6. The van der Waals surface area contributed by atoms with Crippen molar-refractivity contribution in [2.45, 2.75) is 38.8 Å². The summed E-state index contributed by atoms with van der Waals surface area (Å²) in [5.74, 6) is 1.81. The van der Waals surface area contributed by atoms with Gasteiger partial charge in [-0.05, 0) is 26.7 Å². The van der Waals surface area contributed by atoms with Gasteiger partial charge in [-0.3, -0.25) is 9.36 Å². The van der Waals surface area contributed by atoms with Crippen molar-refractivity contribution in [2.24, 2.45) is 0 Å². The maximum Gasteiger partial charge on any atom is 0.246 e. The van der Waals surface area contributed by atoms with Crippen LogP contribution in [-0.2, 0) is 4.79 Å². The number of fused-ring (bicyclic) bond motifs is 3. The third-order valence-electron chi connectivity index (χ3n) is 4.15. The summed E-state index contributed by atoms with van der Waals surface area (Å²) in [5.41, 5.74) is 0.817. The summed E-state index contributed by atoms with van der Waals surface area (Å²) in [6.07, 6.45) is 2.02. The zero-order valence-electron chi connectivity index (χ0n) is 11.4. The lowest BCUT2D eigenvalue weighted by Gasteiger charge is -2.34. The van der Waals surface area contributed by atoms with Gasteiger partial charge in [-0.15, -0.1) is 21.5 Å². The van der Waals surface area contributed by atoms with E-state index in [0.29, 0.717) is 0 Å². The maximum atomic E-state index is 12.5. The molecule has 104 valence electrons. The van der Waals surface area contributed by atoms with E-state index in [4.69, 9.17) is 0 Å². The largest absolute Gasteiger partial charge is 0.331 e. The summed E-state index contributed by atoms with van der Waals surface area (Å²) < 4.78 is 1.98. The fourth-order valence-corrected chi connectivity index (χ4v) is 3.79. The summed E-state index contributed by atoms with van der Waals surface area (Å²) >= 11 is 1.59. The Morgan fingerprint density at radius 3 is 3.00 bits per heavy atom. The summed E-state index contributed by atoms with van der Waals surface area (Å²) in [7, 11) is 0. The fourth-order valence-electron chi connectivity index (χ4n) is 3.20. The Kier molecular flexibility index (Phi) is 2.47. The average molecular weight is 289 g/mol. The molecule has 0 radical (unpaired) electrons. The summed E-state index contributed by atoms with van der Waals surface area (Å²) in [4.78, 5) is 18.9. The molecule has 0 spiro atoms. The molecule has 2 atom stereocenters. The minimum atomic E-state index is -0.244. The number of hydrogen-bond acceptors (Lipinski definition) is 5. The Hall–Kier alpha value is -1.76. The lowest BCUT2D eigenvalue weighted by molar-refractivity contribution is -0.137. The van der Waals surface area contributed by atoms with Crippen LogP contribution in [0.15, 0.2) is 5.38 Å². The maximum absolute atomic E-state index is 12.5. The number of aromatic nitrogens is 4. The van der Waals surface area contributed by atoms with Crippen LogP contribution in [0, 0.1) is 6.92 Å². The number of carbonyl (C=O) groups is 1. The van der Waals surface area contributed by atoms with Crippen LogP contribution in [-0.4, -0.2) is 37.1 Å². The molecule has 0 unspecified atom stereocenters. The van der Waals surface area contributed by atoms with Crippen LogP contribution in [0.4, 0.5) is 0 Å². The van der Waals surface area contributed by atoms with Gasteiger partial charge >= 0.3 is 0 Å². The van der Waals surface area contributed by atoms with E-state index in [9.17, 15) is 4.79 Å². The van der Waals surface area contributed by atoms with Crippen molar-refractivity contribution >= 4 is 17.2 Å². The molecule has 4 heterocycles. The Bertz CT molecular complexity index is 691. The molecule has 0 saturated carbocycles. The number of hydrogen-bond donors (Lipinski definition) is 0. The first-order valence-corrected chi connectivity index (χ1v) is 7.72. The van der Waals surface area contributed by atoms with Crippen molar-refractivity contribution in [1.29, 1.82) is 0 Å². The van der Waals surface area contributed by atoms with Crippen molar-refractivity contribution in [2.75, 3.05) is 6.54 Å². The quantitative estimate of drug-likeness (QED) is 0.805. The number of amides is 1. The third-order valence-corrected chi connectivity index (χ3v) is 4.92. The van der Waals surface area contributed by atoms with Crippen molar-refractivity contribution in [3.63, 3.8) is 0 Å². The Morgan fingerprint density at radius 2 is 2.25 bits per heavy atom. The molecule has 1 amide bonds. The first-order valence-electron chi connectivity index (χ1n) is 6.84. The Morgan fingerprint density at radius 1 is 1.40 bits per heavy atom. The average Bonchev–Trinajstić information content (AvgIpc) is 3.12. The van der Waals surface area contributed by atoms with Gasteiger partial charge in [-0.2, -0.15) is 0 Å². The van der Waals surface area contributed by atoms with Crippen molar-refractivity contribution < 1.29 is 4.79 Å². The van der Waals surface area contributed by atoms with Gasteiger partial charge in [0.25, 0.3) is 0 Å². The molecule has 0 bridgehead atoms. The van der Waals surface area contributed by atoms with E-state index in [1.54, 1.807) is 11.3 Å². The molecule has 6 nitrogen and oxygen atoms in total. The van der Waals surface area contributed by atoms with E-state index in [2.05, 4.69) is 15.2 Å². The lowest BCUT2D eigenvalue weighted by atomic mass is 10.1. The second-order valence-corrected chi connectivity index (χ2v) is 6.43. The zero-order chi connectivity index (χ0) is 13.9. The van der Waals surface area contributed by atoms with Crippen molar-refractivity contribution in [3.8, 4) is 11.5 Å². The first kappa shape index (κ1) is 12.0. The molecule has 1 fully saturated rings. The van der Waals surface area contributed by atoms with E-state index >= 15 is 0 Å². The molecule has 20 heavy (non-hydrogen) atoms. The minimum Gasteiger partial charge on any atom is -0.331 e. The van der Waals surface area contributed by atoms with Crippen LogP contribution >= 0.6 is 11.3 Å². The molecule has 1 saturated heterocycles. The van der Waals surface area contributed by atoms with Gasteiger partial charge in [0, 0.05) is 11.9 Å². The zero-order valence-corrected chi connectivity index (χ0v) is 12.2. The molecule has 0 aromatic carbocycles. The predicted molar refractivity (Wildman–Crippen MR) is 74.3 cm³/mol. The van der Waals surface area contributed by atoms with Crippen LogP contribution in [0.5, 0.6) is 0 Å². The molecule has 4 rings (SSSR count). The van der Waals surface area contributed by atoms with Crippen LogP contribution in [0.2, 0.25) is 0 Å². The van der Waals surface area contributed by atoms with Crippen LogP contribution in [0.1, 0.15) is 42.7 Å². The van der Waals surface area contributed by atoms with Gasteiger partial charge in [0.05, 0.1) is 11.0 Å². The van der Waals surface area contributed by atoms with E-state index in [1.165, 1.54) is 0 Å². The first-order chi connectivity index (χ1) is 9.66. The highest BCUT2D eigenvalue weighted by molar-refractivity contribution is 7.09. The number of thiazole rings is 1. The van der Waals surface area contributed by atoms with Gasteiger partial charge in [-0.1, -0.05) is 0 Å². The standard InChI is InChI=1S/C13H15N5OS/c1-7-13(19)17-5-3-4-10(17)12-16-15-11(18(7)12)9-6-20-8(2)14-9/h6-7,10H,3-5H2,1-2H3/t7-,10+/m0/s1. The highest BCUT2D eigenvalue weighted by atomic mass is 32.1. The number of rotatable bonds is 1. The summed E-state index contributed by atoms with van der Waals surface area (Å²) in [6.45, 7) is 4.73. The smallest absolute Gasteiger partial charge is 0.246 e. The van der Waals surface area contributed by atoms with Gasteiger partial charge in [0.1, 0.15) is 11.7 Å². The van der Waals surface area contributed by atoms with Crippen molar-refractivity contribution in [1.82, 2.24) is 24.6 Å². The normalized spacial score (nSPS) is 24.9. The number of nitrogens with zero attached hydrogens (tertiary/aromatic N) is 5. The van der Waals surface area contributed by atoms with E-state index in [1.807, 2.05) is 28.7 Å². The van der Waals surface area contributed by atoms with E-state index in [0.717, 1.165) is 41.7 Å². The third kappa shape index (κ3) is 1.49. The van der Waals surface area contributed by atoms with E-state index < -0.39 is 0 Å².